The summed E-state index contributed by atoms with van der Waals surface area (Å²) in [4.78, 5) is 0. The van der Waals surface area contributed by atoms with E-state index in [2.05, 4.69) is 8.31 Å². The van der Waals surface area contributed by atoms with E-state index in [0.717, 1.165) is 5.25 Å². The average molecular weight is 474 g/mol. The minimum atomic E-state index is 0. The first-order valence-corrected chi connectivity index (χ1v) is 8.90. The van der Waals surface area contributed by atoms with Gasteiger partial charge in [-0.25, -0.2) is 0 Å². The second-order valence-corrected chi connectivity index (χ2v) is 6.03. The summed E-state index contributed by atoms with van der Waals surface area (Å²) in [6, 6.07) is 0. The zero-order valence-electron chi connectivity index (χ0n) is 5.40. The molecular formula is C6H11EuPbS. The van der Waals surface area contributed by atoms with E-state index in [-0.39, 0.29) is 49.4 Å². The van der Waals surface area contributed by atoms with Gasteiger partial charge in [-0.2, -0.15) is 0 Å². The van der Waals surface area contributed by atoms with Gasteiger partial charge in [0, 0.05) is 49.4 Å². The second-order valence-electron chi connectivity index (χ2n) is 2.38. The summed E-state index contributed by atoms with van der Waals surface area (Å²) in [5.41, 5.74) is 0. The third-order valence-corrected chi connectivity index (χ3v) is 6.41. The van der Waals surface area contributed by atoms with Gasteiger partial charge in [-0.3, -0.25) is 0 Å². The van der Waals surface area contributed by atoms with Gasteiger partial charge in [-0.1, -0.05) is 0 Å². The van der Waals surface area contributed by atoms with Crippen LogP contribution in [0.4, 0.5) is 0 Å². The van der Waals surface area contributed by atoms with Gasteiger partial charge in [0.25, 0.3) is 0 Å². The average Bonchev–Trinajstić information content (AvgIpc) is 1.90. The Kier molecular flexibility index (Phi) is 9.88. The van der Waals surface area contributed by atoms with E-state index < -0.39 is 0 Å². The van der Waals surface area contributed by atoms with E-state index in [1.54, 1.807) is 0 Å². The molecule has 4 radical (unpaired) electrons. The summed E-state index contributed by atoms with van der Waals surface area (Å²) in [7, 11) is 2.18. The molecule has 0 aromatic heterocycles. The molecule has 0 nitrogen and oxygen atoms in total. The fraction of sp³-hybridized carbons (Fsp3) is 1.00. The minimum absolute atomic E-state index is 0. The molecule has 0 N–H and O–H groups in total. The van der Waals surface area contributed by atoms with E-state index >= 15 is 0 Å². The van der Waals surface area contributed by atoms with Gasteiger partial charge in [0.15, 0.2) is 0 Å². The molecule has 1 aliphatic carbocycles. The van der Waals surface area contributed by atoms with E-state index in [4.69, 9.17) is 0 Å². The molecule has 0 heterocycles. The predicted molar refractivity (Wildman–Crippen MR) is 40.2 cm³/mol. The molecule has 0 amide bonds. The number of hydrogen-bond acceptors (Lipinski definition) is 1. The molecule has 0 atom stereocenters. The van der Waals surface area contributed by atoms with Crippen LogP contribution in [0.1, 0.15) is 32.1 Å². The zero-order chi connectivity index (χ0) is 5.82. The maximum atomic E-state index is 2.18. The summed E-state index contributed by atoms with van der Waals surface area (Å²) in [6.07, 6.45) is 7.51. The van der Waals surface area contributed by atoms with Crippen LogP contribution < -0.4 is 0 Å². The summed E-state index contributed by atoms with van der Waals surface area (Å²) in [6.45, 7) is 0. The predicted octanol–water partition coefficient (Wildman–Crippen LogP) is 2.14. The summed E-state index contributed by atoms with van der Waals surface area (Å²) >= 11 is 1.35. The van der Waals surface area contributed by atoms with Crippen molar-refractivity contribution in [3.8, 4) is 0 Å². The monoisotopic (exact) mass is 476 g/mol. The van der Waals surface area contributed by atoms with Gasteiger partial charge >= 0.3 is 69.9 Å². The van der Waals surface area contributed by atoms with Crippen molar-refractivity contribution in [2.45, 2.75) is 37.4 Å². The molecule has 3 heteroatoms. The molecule has 0 aliphatic heterocycles. The Hall–Kier alpha value is 2.86. The number of rotatable bonds is 1. The summed E-state index contributed by atoms with van der Waals surface area (Å²) in [5, 5.41) is 1.07. The molecular weight excluding hydrogens is 463 g/mol. The first-order chi connectivity index (χ1) is 3.93. The molecule has 0 aromatic carbocycles. The van der Waals surface area contributed by atoms with Gasteiger partial charge < -0.3 is 0 Å². The molecule has 52 valence electrons. The van der Waals surface area contributed by atoms with Crippen molar-refractivity contribution in [1.82, 2.24) is 0 Å². The van der Waals surface area contributed by atoms with Crippen LogP contribution >= 0.6 is 8.31 Å². The van der Waals surface area contributed by atoms with Crippen molar-refractivity contribution >= 4 is 32.6 Å². The Balaban J connectivity index is 0.000000640. The molecule has 0 aromatic rings. The van der Waals surface area contributed by atoms with Gasteiger partial charge in [-0.15, -0.1) is 0 Å². The van der Waals surface area contributed by atoms with Crippen LogP contribution in [0.5, 0.6) is 0 Å². The van der Waals surface area contributed by atoms with Gasteiger partial charge in [0.05, 0.1) is 0 Å². The van der Waals surface area contributed by atoms with Crippen molar-refractivity contribution in [2.75, 3.05) is 0 Å². The molecule has 0 unspecified atom stereocenters. The fourth-order valence-electron chi connectivity index (χ4n) is 1.18. The van der Waals surface area contributed by atoms with E-state index in [0.29, 0.717) is 0 Å². The van der Waals surface area contributed by atoms with E-state index in [9.17, 15) is 0 Å². The van der Waals surface area contributed by atoms with Crippen LogP contribution in [0.25, 0.3) is 0 Å². The Morgan fingerprint density at radius 2 is 1.67 bits per heavy atom. The quantitative estimate of drug-likeness (QED) is 0.525. The van der Waals surface area contributed by atoms with Crippen molar-refractivity contribution in [3.63, 3.8) is 0 Å². The second kappa shape index (κ2) is 7.50. The topological polar surface area (TPSA) is 0 Å². The summed E-state index contributed by atoms with van der Waals surface area (Å²) in [5.74, 6) is 0. The first-order valence-electron chi connectivity index (χ1n) is 3.26. The van der Waals surface area contributed by atoms with Crippen LogP contribution in [0.2, 0.25) is 0 Å². The van der Waals surface area contributed by atoms with Crippen molar-refractivity contribution in [3.05, 3.63) is 0 Å². The van der Waals surface area contributed by atoms with Crippen molar-refractivity contribution in [1.29, 1.82) is 0 Å². The van der Waals surface area contributed by atoms with Crippen molar-refractivity contribution < 1.29 is 49.4 Å². The standard InChI is InChI=1S/C6H12S.Eu.Pb/c7-6-4-2-1-3-5-6;;/h6-7H,1-5H2;;/q;;+1/p-1. The zero-order valence-corrected chi connectivity index (χ0v) is 12.5. The van der Waals surface area contributed by atoms with Crippen LogP contribution in [-0.2, 0) is 0 Å². The maximum absolute atomic E-state index is 2.18. The SMILES string of the molecule is [Eu].[Pb][S]C1CCCCC1. The van der Waals surface area contributed by atoms with E-state index in [1.165, 1.54) is 56.4 Å². The molecule has 1 fully saturated rings. The van der Waals surface area contributed by atoms with Gasteiger partial charge in [0.1, 0.15) is 0 Å². The molecule has 0 bridgehead atoms. The van der Waals surface area contributed by atoms with Crippen molar-refractivity contribution in [2.24, 2.45) is 0 Å². The Labute approximate surface area is 117 Å². The van der Waals surface area contributed by atoms with Crippen LogP contribution in [0, 0.1) is 49.4 Å². The van der Waals surface area contributed by atoms with Gasteiger partial charge in [0.2, 0.25) is 0 Å². The number of hydrogen-bond donors (Lipinski definition) is 0. The van der Waals surface area contributed by atoms with Crippen LogP contribution in [-0.4, -0.2) is 29.5 Å². The third kappa shape index (κ3) is 5.15. The van der Waals surface area contributed by atoms with Gasteiger partial charge in [-0.05, 0) is 0 Å². The first kappa shape index (κ1) is 11.9. The Morgan fingerprint density at radius 3 is 2.00 bits per heavy atom. The molecule has 1 saturated carbocycles. The van der Waals surface area contributed by atoms with Crippen LogP contribution in [0.3, 0.4) is 0 Å². The Bertz CT molecular complexity index is 64.1. The Morgan fingerprint density at radius 1 is 1.11 bits per heavy atom. The normalized spacial score (nSPS) is 21.0. The molecule has 1 rings (SSSR count). The molecule has 1 aliphatic rings. The van der Waals surface area contributed by atoms with E-state index in [1.807, 2.05) is 0 Å². The third-order valence-electron chi connectivity index (χ3n) is 1.72. The summed E-state index contributed by atoms with van der Waals surface area (Å²) < 4.78 is 0. The molecule has 0 spiro atoms. The molecule has 9 heavy (non-hydrogen) atoms. The molecule has 0 saturated heterocycles. The van der Waals surface area contributed by atoms with Crippen LogP contribution in [0.15, 0.2) is 0 Å². The fourth-order valence-corrected chi connectivity index (χ4v) is 4.50.